The molecule has 6 nitrogen and oxygen atoms in total. The number of benzene rings is 1. The zero-order chi connectivity index (χ0) is 20.1. The quantitative estimate of drug-likeness (QED) is 0.681. The summed E-state index contributed by atoms with van der Waals surface area (Å²) in [6, 6.07) is 13.4. The molecule has 0 aliphatic carbocycles. The number of hydrogen-bond donors (Lipinski definition) is 1. The summed E-state index contributed by atoms with van der Waals surface area (Å²) in [6.45, 7) is 4.66. The van der Waals surface area contributed by atoms with Crippen LogP contribution in [0.5, 0.6) is 0 Å². The number of hydrogen-bond acceptors (Lipinski definition) is 4. The summed E-state index contributed by atoms with van der Waals surface area (Å²) in [5, 5.41) is 16.4. The Morgan fingerprint density at radius 3 is 2.68 bits per heavy atom. The van der Waals surface area contributed by atoms with Crippen molar-refractivity contribution in [1.82, 2.24) is 14.8 Å². The van der Waals surface area contributed by atoms with Crippen molar-refractivity contribution in [3.8, 4) is 6.07 Å². The van der Waals surface area contributed by atoms with Crippen LogP contribution in [-0.2, 0) is 17.8 Å². The van der Waals surface area contributed by atoms with Crippen molar-refractivity contribution in [3.63, 3.8) is 0 Å². The minimum atomic E-state index is -0.123. The second kappa shape index (κ2) is 8.68. The van der Waals surface area contributed by atoms with Crippen LogP contribution in [0.15, 0.2) is 48.8 Å². The third-order valence-electron chi connectivity index (χ3n) is 4.27. The third kappa shape index (κ3) is 4.96. The second-order valence-corrected chi connectivity index (χ2v) is 7.19. The van der Waals surface area contributed by atoms with Gasteiger partial charge in [0, 0.05) is 18.5 Å². The average molecular weight is 394 g/mol. The van der Waals surface area contributed by atoms with Crippen molar-refractivity contribution < 1.29 is 4.79 Å². The summed E-state index contributed by atoms with van der Waals surface area (Å²) in [5.74, 6) is 0.818. The van der Waals surface area contributed by atoms with Gasteiger partial charge in [0.2, 0.25) is 5.91 Å². The van der Waals surface area contributed by atoms with Crippen molar-refractivity contribution in [2.75, 3.05) is 5.32 Å². The van der Waals surface area contributed by atoms with Gasteiger partial charge in [0.1, 0.15) is 6.07 Å². The number of anilines is 1. The standard InChI is InChI=1S/C21H20ClN5O/c1-14(2)16-5-3-15(4-6-16)9-21(28)25-20-7-8-27(26-20)13-18-10-19(22)17(11-23)12-24-18/h3-8,10,12,14H,9,13H2,1-2H3,(H,25,26,28). The normalized spacial score (nSPS) is 10.7. The van der Waals surface area contributed by atoms with Crippen LogP contribution in [0.1, 0.15) is 42.1 Å². The molecule has 2 heterocycles. The lowest BCUT2D eigenvalue weighted by molar-refractivity contribution is -0.115. The van der Waals surface area contributed by atoms with Crippen LogP contribution < -0.4 is 5.32 Å². The van der Waals surface area contributed by atoms with Crippen LogP contribution in [0.3, 0.4) is 0 Å². The van der Waals surface area contributed by atoms with E-state index in [9.17, 15) is 4.79 Å². The van der Waals surface area contributed by atoms with Gasteiger partial charge in [0.25, 0.3) is 0 Å². The lowest BCUT2D eigenvalue weighted by Crippen LogP contribution is -2.15. The Morgan fingerprint density at radius 1 is 1.29 bits per heavy atom. The van der Waals surface area contributed by atoms with E-state index in [1.54, 1.807) is 23.0 Å². The highest BCUT2D eigenvalue weighted by atomic mass is 35.5. The number of rotatable bonds is 6. The summed E-state index contributed by atoms with van der Waals surface area (Å²) in [6.07, 6.45) is 3.48. The molecular formula is C21H20ClN5O. The van der Waals surface area contributed by atoms with E-state index in [0.29, 0.717) is 34.6 Å². The Bertz CT molecular complexity index is 1020. The minimum absolute atomic E-state index is 0.123. The number of amides is 1. The van der Waals surface area contributed by atoms with E-state index in [1.807, 2.05) is 18.2 Å². The molecule has 3 rings (SSSR count). The maximum absolute atomic E-state index is 12.3. The van der Waals surface area contributed by atoms with Gasteiger partial charge in [0.05, 0.1) is 29.2 Å². The van der Waals surface area contributed by atoms with Gasteiger partial charge in [-0.25, -0.2) is 0 Å². The molecule has 28 heavy (non-hydrogen) atoms. The fourth-order valence-corrected chi connectivity index (χ4v) is 2.93. The van der Waals surface area contributed by atoms with Crippen molar-refractivity contribution in [2.45, 2.75) is 32.7 Å². The largest absolute Gasteiger partial charge is 0.309 e. The fourth-order valence-electron chi connectivity index (χ4n) is 2.71. The average Bonchev–Trinajstić information content (AvgIpc) is 3.09. The molecule has 142 valence electrons. The maximum Gasteiger partial charge on any atom is 0.229 e. The second-order valence-electron chi connectivity index (χ2n) is 6.79. The zero-order valence-electron chi connectivity index (χ0n) is 15.7. The van der Waals surface area contributed by atoms with Gasteiger partial charge in [-0.1, -0.05) is 49.7 Å². The molecule has 7 heteroatoms. The molecule has 0 atom stereocenters. The van der Waals surface area contributed by atoms with Crippen LogP contribution in [0, 0.1) is 11.3 Å². The van der Waals surface area contributed by atoms with E-state index >= 15 is 0 Å². The summed E-state index contributed by atoms with van der Waals surface area (Å²) in [7, 11) is 0. The number of nitriles is 1. The number of pyridine rings is 1. The number of aromatic nitrogens is 3. The number of nitrogens with zero attached hydrogens (tertiary/aromatic N) is 4. The van der Waals surface area contributed by atoms with E-state index < -0.39 is 0 Å². The topological polar surface area (TPSA) is 83.6 Å². The molecule has 0 saturated carbocycles. The van der Waals surface area contributed by atoms with Gasteiger partial charge in [0.15, 0.2) is 5.82 Å². The third-order valence-corrected chi connectivity index (χ3v) is 4.59. The molecule has 2 aromatic heterocycles. The first-order chi connectivity index (χ1) is 13.4. The predicted octanol–water partition coefficient (Wildman–Crippen LogP) is 4.16. The zero-order valence-corrected chi connectivity index (χ0v) is 16.4. The summed E-state index contributed by atoms with van der Waals surface area (Å²) < 4.78 is 1.65. The van der Waals surface area contributed by atoms with Crippen LogP contribution in [-0.4, -0.2) is 20.7 Å². The molecule has 0 aliphatic heterocycles. The van der Waals surface area contributed by atoms with E-state index in [2.05, 4.69) is 41.4 Å². The highest BCUT2D eigenvalue weighted by Crippen LogP contribution is 2.17. The summed E-state index contributed by atoms with van der Waals surface area (Å²) in [4.78, 5) is 16.5. The minimum Gasteiger partial charge on any atom is -0.309 e. The number of carbonyl (C=O) groups is 1. The Morgan fingerprint density at radius 2 is 2.04 bits per heavy atom. The fraction of sp³-hybridized carbons (Fsp3) is 0.238. The van der Waals surface area contributed by atoms with E-state index in [4.69, 9.17) is 16.9 Å². The molecule has 0 saturated heterocycles. The van der Waals surface area contributed by atoms with Crippen LogP contribution in [0.25, 0.3) is 0 Å². The van der Waals surface area contributed by atoms with Crippen LogP contribution in [0.2, 0.25) is 5.02 Å². The molecule has 1 N–H and O–H groups in total. The lowest BCUT2D eigenvalue weighted by atomic mass is 10.0. The van der Waals surface area contributed by atoms with E-state index in [1.165, 1.54) is 11.8 Å². The van der Waals surface area contributed by atoms with Gasteiger partial charge < -0.3 is 5.32 Å². The SMILES string of the molecule is CC(C)c1ccc(CC(=O)Nc2ccn(Cc3cc(Cl)c(C#N)cn3)n2)cc1. The molecule has 0 bridgehead atoms. The number of halogens is 1. The van der Waals surface area contributed by atoms with Gasteiger partial charge in [-0.15, -0.1) is 0 Å². The first kappa shape index (κ1) is 19.6. The highest BCUT2D eigenvalue weighted by molar-refractivity contribution is 6.31. The van der Waals surface area contributed by atoms with Crippen molar-refractivity contribution in [1.29, 1.82) is 5.26 Å². The van der Waals surface area contributed by atoms with Gasteiger partial charge >= 0.3 is 0 Å². The van der Waals surface area contributed by atoms with Crippen molar-refractivity contribution >= 4 is 23.3 Å². The Kier molecular flexibility index (Phi) is 6.07. The number of nitrogens with one attached hydrogen (secondary N) is 1. The van der Waals surface area contributed by atoms with E-state index in [0.717, 1.165) is 5.56 Å². The maximum atomic E-state index is 12.3. The van der Waals surface area contributed by atoms with Gasteiger partial charge in [-0.3, -0.25) is 14.5 Å². The Hall–Kier alpha value is -3.17. The molecule has 3 aromatic rings. The highest BCUT2D eigenvalue weighted by Gasteiger charge is 2.09. The Balaban J connectivity index is 1.58. The molecular weight excluding hydrogens is 374 g/mol. The van der Waals surface area contributed by atoms with Gasteiger partial charge in [-0.05, 0) is 23.1 Å². The molecule has 0 spiro atoms. The molecule has 1 amide bonds. The lowest BCUT2D eigenvalue weighted by Gasteiger charge is -2.07. The molecule has 0 unspecified atom stereocenters. The number of carbonyl (C=O) groups excluding carboxylic acids is 1. The predicted molar refractivity (Wildman–Crippen MR) is 108 cm³/mol. The van der Waals surface area contributed by atoms with Crippen LogP contribution in [0.4, 0.5) is 5.82 Å². The Labute approximate surface area is 168 Å². The molecule has 0 fully saturated rings. The smallest absolute Gasteiger partial charge is 0.229 e. The van der Waals surface area contributed by atoms with Crippen LogP contribution >= 0.6 is 11.6 Å². The first-order valence-corrected chi connectivity index (χ1v) is 9.29. The molecule has 0 aliphatic rings. The molecule has 1 aromatic carbocycles. The first-order valence-electron chi connectivity index (χ1n) is 8.91. The van der Waals surface area contributed by atoms with E-state index in [-0.39, 0.29) is 12.3 Å². The monoisotopic (exact) mass is 393 g/mol. The molecule has 0 radical (unpaired) electrons. The van der Waals surface area contributed by atoms with Gasteiger partial charge in [-0.2, -0.15) is 10.4 Å². The summed E-state index contributed by atoms with van der Waals surface area (Å²) in [5.41, 5.74) is 3.22. The summed E-state index contributed by atoms with van der Waals surface area (Å²) >= 11 is 6.02. The van der Waals surface area contributed by atoms with Crippen molar-refractivity contribution in [3.05, 3.63) is 76.2 Å². The van der Waals surface area contributed by atoms with Crippen molar-refractivity contribution in [2.24, 2.45) is 0 Å².